The highest BCUT2D eigenvalue weighted by molar-refractivity contribution is 7.80. The number of thiocarbonyl (C=S) groups is 1. The SMILES string of the molecule is COC(C)CN1CCCCC1C(N)=S. The van der Waals surface area contributed by atoms with Gasteiger partial charge >= 0.3 is 0 Å². The number of ether oxygens (including phenoxy) is 1. The molecule has 2 unspecified atom stereocenters. The monoisotopic (exact) mass is 216 g/mol. The zero-order valence-electron chi connectivity index (χ0n) is 9.03. The quantitative estimate of drug-likeness (QED) is 0.716. The van der Waals surface area contributed by atoms with Crippen LogP contribution in [0.2, 0.25) is 0 Å². The summed E-state index contributed by atoms with van der Waals surface area (Å²) in [6.45, 7) is 4.10. The minimum Gasteiger partial charge on any atom is -0.392 e. The van der Waals surface area contributed by atoms with Crippen molar-refractivity contribution in [2.75, 3.05) is 20.2 Å². The Hall–Kier alpha value is -0.190. The van der Waals surface area contributed by atoms with Crippen molar-refractivity contribution in [1.82, 2.24) is 4.90 Å². The number of methoxy groups -OCH3 is 1. The van der Waals surface area contributed by atoms with Crippen LogP contribution in [-0.4, -0.2) is 42.2 Å². The van der Waals surface area contributed by atoms with Crippen LogP contribution in [-0.2, 0) is 4.74 Å². The number of hydrogen-bond acceptors (Lipinski definition) is 3. The molecule has 4 heteroatoms. The smallest absolute Gasteiger partial charge is 0.0902 e. The molecule has 1 saturated heterocycles. The van der Waals surface area contributed by atoms with E-state index >= 15 is 0 Å². The van der Waals surface area contributed by atoms with Gasteiger partial charge in [0, 0.05) is 13.7 Å². The summed E-state index contributed by atoms with van der Waals surface area (Å²) in [6.07, 6.45) is 3.84. The molecule has 1 aliphatic rings. The molecule has 0 amide bonds. The molecular formula is C10H20N2OS. The second-order valence-corrected chi connectivity index (χ2v) is 4.43. The fourth-order valence-corrected chi connectivity index (χ4v) is 2.20. The van der Waals surface area contributed by atoms with Gasteiger partial charge in [0.1, 0.15) is 0 Å². The van der Waals surface area contributed by atoms with Crippen LogP contribution in [0.1, 0.15) is 26.2 Å². The Balaban J connectivity index is 2.49. The number of piperidine rings is 1. The largest absolute Gasteiger partial charge is 0.392 e. The van der Waals surface area contributed by atoms with E-state index in [1.165, 1.54) is 12.8 Å². The topological polar surface area (TPSA) is 38.5 Å². The molecule has 0 saturated carbocycles. The molecule has 0 aliphatic carbocycles. The molecule has 2 N–H and O–H groups in total. The molecule has 0 radical (unpaired) electrons. The van der Waals surface area contributed by atoms with Gasteiger partial charge in [0.25, 0.3) is 0 Å². The average Bonchev–Trinajstić information content (AvgIpc) is 2.18. The fourth-order valence-electron chi connectivity index (χ4n) is 1.94. The lowest BCUT2D eigenvalue weighted by Gasteiger charge is -2.36. The summed E-state index contributed by atoms with van der Waals surface area (Å²) in [6, 6.07) is 0.288. The Morgan fingerprint density at radius 1 is 1.64 bits per heavy atom. The predicted octanol–water partition coefficient (Wildman–Crippen LogP) is 1.16. The van der Waals surface area contributed by atoms with Gasteiger partial charge in [0.15, 0.2) is 0 Å². The first-order valence-electron chi connectivity index (χ1n) is 5.21. The third-order valence-corrected chi connectivity index (χ3v) is 3.11. The third-order valence-electron chi connectivity index (χ3n) is 2.84. The maximum atomic E-state index is 5.72. The lowest BCUT2D eigenvalue weighted by atomic mass is 10.0. The van der Waals surface area contributed by atoms with Crippen LogP contribution in [0.3, 0.4) is 0 Å². The van der Waals surface area contributed by atoms with E-state index in [1.807, 2.05) is 0 Å². The standard InChI is InChI=1S/C10H20N2OS/c1-8(13-2)7-12-6-4-3-5-9(12)10(11)14/h8-9H,3-7H2,1-2H3,(H2,11,14). The number of rotatable bonds is 4. The normalized spacial score (nSPS) is 26.0. The summed E-state index contributed by atoms with van der Waals surface area (Å²) >= 11 is 5.08. The third kappa shape index (κ3) is 3.19. The summed E-state index contributed by atoms with van der Waals surface area (Å²) < 4.78 is 5.26. The Morgan fingerprint density at radius 3 is 2.93 bits per heavy atom. The van der Waals surface area contributed by atoms with E-state index in [0.717, 1.165) is 19.5 Å². The maximum Gasteiger partial charge on any atom is 0.0902 e. The summed E-state index contributed by atoms with van der Waals surface area (Å²) in [7, 11) is 1.74. The molecular weight excluding hydrogens is 196 g/mol. The first kappa shape index (κ1) is 11.9. The molecule has 14 heavy (non-hydrogen) atoms. The Morgan fingerprint density at radius 2 is 2.36 bits per heavy atom. The van der Waals surface area contributed by atoms with Crippen LogP contribution in [0.5, 0.6) is 0 Å². The number of likely N-dealkylation sites (tertiary alicyclic amines) is 1. The van der Waals surface area contributed by atoms with Crippen molar-refractivity contribution in [3.63, 3.8) is 0 Å². The molecule has 0 aromatic carbocycles. The minimum atomic E-state index is 0.255. The molecule has 82 valence electrons. The van der Waals surface area contributed by atoms with Gasteiger partial charge in [0.05, 0.1) is 17.1 Å². The van der Waals surface area contributed by atoms with Crippen LogP contribution >= 0.6 is 12.2 Å². The van der Waals surface area contributed by atoms with Crippen LogP contribution in [0.4, 0.5) is 0 Å². The highest BCUT2D eigenvalue weighted by atomic mass is 32.1. The van der Waals surface area contributed by atoms with E-state index in [4.69, 9.17) is 22.7 Å². The van der Waals surface area contributed by atoms with Crippen LogP contribution in [0, 0.1) is 0 Å². The van der Waals surface area contributed by atoms with Gasteiger partial charge in [-0.2, -0.15) is 0 Å². The molecule has 0 bridgehead atoms. The molecule has 2 atom stereocenters. The Kier molecular flexibility index (Phi) is 4.78. The van der Waals surface area contributed by atoms with Crippen molar-refractivity contribution in [2.45, 2.75) is 38.3 Å². The molecule has 0 aromatic heterocycles. The van der Waals surface area contributed by atoms with E-state index in [1.54, 1.807) is 7.11 Å². The number of nitrogens with zero attached hydrogens (tertiary/aromatic N) is 1. The molecule has 1 aliphatic heterocycles. The van der Waals surface area contributed by atoms with Gasteiger partial charge < -0.3 is 10.5 Å². The van der Waals surface area contributed by atoms with Crippen molar-refractivity contribution in [1.29, 1.82) is 0 Å². The summed E-state index contributed by atoms with van der Waals surface area (Å²) in [5, 5.41) is 0. The van der Waals surface area contributed by atoms with E-state index < -0.39 is 0 Å². The number of hydrogen-bond donors (Lipinski definition) is 1. The van der Waals surface area contributed by atoms with Crippen molar-refractivity contribution >= 4 is 17.2 Å². The van der Waals surface area contributed by atoms with Gasteiger partial charge in [-0.15, -0.1) is 0 Å². The molecule has 3 nitrogen and oxygen atoms in total. The van der Waals surface area contributed by atoms with Crippen molar-refractivity contribution in [3.05, 3.63) is 0 Å². The zero-order chi connectivity index (χ0) is 10.6. The Bertz CT molecular complexity index is 199. The van der Waals surface area contributed by atoms with Crippen molar-refractivity contribution in [3.8, 4) is 0 Å². The van der Waals surface area contributed by atoms with E-state index in [9.17, 15) is 0 Å². The minimum absolute atomic E-state index is 0.255. The van der Waals surface area contributed by atoms with Gasteiger partial charge in [-0.3, -0.25) is 4.90 Å². The van der Waals surface area contributed by atoms with Gasteiger partial charge in [0.2, 0.25) is 0 Å². The summed E-state index contributed by atoms with van der Waals surface area (Å²) in [5.41, 5.74) is 5.72. The lowest BCUT2D eigenvalue weighted by molar-refractivity contribution is 0.0606. The zero-order valence-corrected chi connectivity index (χ0v) is 9.85. The average molecular weight is 216 g/mol. The first-order valence-corrected chi connectivity index (χ1v) is 5.62. The molecule has 1 fully saturated rings. The van der Waals surface area contributed by atoms with E-state index in [0.29, 0.717) is 4.99 Å². The summed E-state index contributed by atoms with van der Waals surface area (Å²) in [5.74, 6) is 0. The fraction of sp³-hybridized carbons (Fsp3) is 0.900. The molecule has 0 spiro atoms. The van der Waals surface area contributed by atoms with Crippen molar-refractivity contribution in [2.24, 2.45) is 5.73 Å². The second kappa shape index (κ2) is 5.63. The predicted molar refractivity (Wildman–Crippen MR) is 62.5 cm³/mol. The van der Waals surface area contributed by atoms with Gasteiger partial charge in [-0.1, -0.05) is 18.6 Å². The van der Waals surface area contributed by atoms with Gasteiger partial charge in [-0.25, -0.2) is 0 Å². The van der Waals surface area contributed by atoms with E-state index in [2.05, 4.69) is 11.8 Å². The van der Waals surface area contributed by atoms with Crippen LogP contribution in [0.15, 0.2) is 0 Å². The number of nitrogens with two attached hydrogens (primary N) is 1. The maximum absolute atomic E-state index is 5.72. The summed E-state index contributed by atoms with van der Waals surface area (Å²) in [4.78, 5) is 2.98. The van der Waals surface area contributed by atoms with Crippen molar-refractivity contribution < 1.29 is 4.74 Å². The van der Waals surface area contributed by atoms with Crippen LogP contribution < -0.4 is 5.73 Å². The van der Waals surface area contributed by atoms with E-state index in [-0.39, 0.29) is 12.1 Å². The molecule has 1 rings (SSSR count). The lowest BCUT2D eigenvalue weighted by Crippen LogP contribution is -2.49. The second-order valence-electron chi connectivity index (χ2n) is 3.96. The van der Waals surface area contributed by atoms with Crippen LogP contribution in [0.25, 0.3) is 0 Å². The van der Waals surface area contributed by atoms with Gasteiger partial charge in [-0.05, 0) is 26.3 Å². The molecule has 0 aromatic rings. The Labute approximate surface area is 91.6 Å². The first-order chi connectivity index (χ1) is 6.65. The highest BCUT2D eigenvalue weighted by Gasteiger charge is 2.25. The highest BCUT2D eigenvalue weighted by Crippen LogP contribution is 2.17. The molecule has 1 heterocycles.